The fourth-order valence-electron chi connectivity index (χ4n) is 9.53. The number of rotatable bonds is 7. The van der Waals surface area contributed by atoms with Gasteiger partial charge in [0.25, 0.3) is 0 Å². The average Bonchev–Trinajstić information content (AvgIpc) is 3.78. The number of thiophene rings is 1. The molecule has 57 heavy (non-hydrogen) atoms. The van der Waals surface area contributed by atoms with E-state index >= 15 is 0 Å². The van der Waals surface area contributed by atoms with Gasteiger partial charge in [0.05, 0.1) is 13.7 Å². The normalized spacial score (nSPS) is 18.0. The molecule has 3 aliphatic rings. The van der Waals surface area contributed by atoms with E-state index < -0.39 is 8.07 Å². The van der Waals surface area contributed by atoms with Crippen LogP contribution in [0.3, 0.4) is 0 Å². The molecule has 1 radical (unpaired) electrons. The monoisotopic (exact) mass is 965 g/mol. The number of hydrogen-bond donors (Lipinski definition) is 0. The Bertz CT molecular complexity index is 2700. The van der Waals surface area contributed by atoms with Gasteiger partial charge >= 0.3 is 0 Å². The Morgan fingerprint density at radius 3 is 2.37 bits per heavy atom. The molecule has 0 aliphatic heterocycles. The van der Waals surface area contributed by atoms with Gasteiger partial charge in [0.1, 0.15) is 5.58 Å². The molecule has 8 aromatic rings. The van der Waals surface area contributed by atoms with Crippen LogP contribution in [0.1, 0.15) is 57.1 Å². The van der Waals surface area contributed by atoms with E-state index in [9.17, 15) is 4.39 Å². The van der Waals surface area contributed by atoms with Crippen LogP contribution >= 0.6 is 11.3 Å². The predicted octanol–water partition coefficient (Wildman–Crippen LogP) is 13.6. The molecule has 1 atom stereocenters. The summed E-state index contributed by atoms with van der Waals surface area (Å²) in [5, 5.41) is 5.41. The number of aromatic nitrogens is 2. The summed E-state index contributed by atoms with van der Waals surface area (Å²) in [5.74, 6) is 3.09. The molecule has 3 fully saturated rings. The molecule has 3 saturated carbocycles. The van der Waals surface area contributed by atoms with E-state index in [1.54, 1.807) is 11.3 Å². The van der Waals surface area contributed by atoms with Crippen LogP contribution in [0.25, 0.3) is 64.6 Å². The molecular formula is C50H49FIrN2OSSi-2. The summed E-state index contributed by atoms with van der Waals surface area (Å²) in [4.78, 5) is 9.50. The Kier molecular flexibility index (Phi) is 11.4. The molecule has 3 nitrogen and oxygen atoms in total. The van der Waals surface area contributed by atoms with Crippen molar-refractivity contribution in [3.8, 4) is 22.5 Å². The summed E-state index contributed by atoms with van der Waals surface area (Å²) >= 11 is 1.64. The first-order valence-corrected chi connectivity index (χ1v) is 24.7. The SMILES string of the molecule is CC(C)Cc1cc(-c2[c-]ccc3c2oc2ccccc23)ncc1[Si](C)(C)C.Fc1c[c-]c(-c2cc(CC3CC4CCC3CC4)ccn2)c2sc3ccccc3c12.[Ir]. The first-order valence-electron chi connectivity index (χ1n) is 20.4. The number of para-hydroxylation sites is 1. The molecule has 0 saturated heterocycles. The second-order valence-corrected chi connectivity index (χ2v) is 23.7. The zero-order valence-electron chi connectivity index (χ0n) is 33.4. The van der Waals surface area contributed by atoms with Gasteiger partial charge in [-0.2, -0.15) is 11.3 Å². The molecule has 11 rings (SSSR count). The summed E-state index contributed by atoms with van der Waals surface area (Å²) in [7, 11) is -1.44. The molecule has 4 aromatic carbocycles. The van der Waals surface area contributed by atoms with Crippen LogP contribution in [0.15, 0.2) is 102 Å². The first kappa shape index (κ1) is 39.8. The van der Waals surface area contributed by atoms with Crippen LogP contribution in [0, 0.1) is 41.6 Å². The number of furan rings is 1. The third-order valence-electron chi connectivity index (χ3n) is 12.2. The number of fused-ring (bicyclic) bond motifs is 9. The third kappa shape index (κ3) is 7.93. The van der Waals surface area contributed by atoms with Crippen molar-refractivity contribution >= 4 is 66.7 Å². The zero-order valence-corrected chi connectivity index (χ0v) is 37.6. The third-order valence-corrected chi connectivity index (χ3v) is 15.5. The van der Waals surface area contributed by atoms with E-state index in [0.29, 0.717) is 11.3 Å². The van der Waals surface area contributed by atoms with Crippen molar-refractivity contribution < 1.29 is 28.9 Å². The van der Waals surface area contributed by atoms with Gasteiger partial charge in [0.15, 0.2) is 0 Å². The second-order valence-electron chi connectivity index (χ2n) is 17.6. The topological polar surface area (TPSA) is 38.9 Å². The minimum atomic E-state index is -1.44. The molecule has 3 aliphatic carbocycles. The Morgan fingerprint density at radius 2 is 1.61 bits per heavy atom. The standard InChI is InChI=1S/C26H23FNS.C24H26NOSi.Ir/c27-22-10-9-20(26-25(22)21-3-1-2-4-24(21)29-26)23-15-17(11-12-28-23)14-19-13-16-5-7-18(19)8-6-16;1-16(2)13-17-14-21(25-15-23(17)27(3,4)5)20-11-8-10-19-18-9-6-7-12-22(18)26-24(19)20;/h1-4,10-12,15-16,18-19H,5-8,13-14H2;6-10,12,14-16H,13H2,1-5H3;/q2*-1;. The van der Waals surface area contributed by atoms with E-state index in [0.717, 1.165) is 89.8 Å². The van der Waals surface area contributed by atoms with Crippen molar-refractivity contribution in [2.75, 3.05) is 0 Å². The van der Waals surface area contributed by atoms with Crippen LogP contribution in [0.2, 0.25) is 19.6 Å². The van der Waals surface area contributed by atoms with Crippen LogP contribution in [-0.2, 0) is 32.9 Å². The van der Waals surface area contributed by atoms with E-state index in [4.69, 9.17) is 9.40 Å². The average molecular weight is 965 g/mol. The largest absolute Gasteiger partial charge is 0.501 e. The maximum atomic E-state index is 14.7. The Labute approximate surface area is 354 Å². The van der Waals surface area contributed by atoms with E-state index in [1.165, 1.54) is 54.5 Å². The second kappa shape index (κ2) is 16.3. The van der Waals surface area contributed by atoms with Crippen molar-refractivity contribution in [1.82, 2.24) is 9.97 Å². The predicted molar refractivity (Wildman–Crippen MR) is 236 cm³/mol. The summed E-state index contributed by atoms with van der Waals surface area (Å²) in [6.07, 6.45) is 13.4. The van der Waals surface area contributed by atoms with E-state index in [1.807, 2.05) is 42.6 Å². The number of halogens is 1. The Morgan fingerprint density at radius 1 is 0.860 bits per heavy atom. The van der Waals surface area contributed by atoms with Crippen LogP contribution in [0.4, 0.5) is 4.39 Å². The number of hydrogen-bond acceptors (Lipinski definition) is 4. The fourth-order valence-corrected chi connectivity index (χ4v) is 12.3. The maximum absolute atomic E-state index is 14.7. The van der Waals surface area contributed by atoms with Gasteiger partial charge in [0.2, 0.25) is 0 Å². The summed E-state index contributed by atoms with van der Waals surface area (Å²) in [6, 6.07) is 35.0. The molecule has 1 unspecified atom stereocenters. The van der Waals surface area contributed by atoms with Crippen LogP contribution < -0.4 is 5.19 Å². The number of nitrogens with zero attached hydrogens (tertiary/aromatic N) is 2. The van der Waals surface area contributed by atoms with Gasteiger partial charge in [-0.05, 0) is 106 Å². The van der Waals surface area contributed by atoms with Crippen molar-refractivity contribution in [3.63, 3.8) is 0 Å². The van der Waals surface area contributed by atoms with Crippen molar-refractivity contribution in [2.45, 2.75) is 78.4 Å². The van der Waals surface area contributed by atoms with Gasteiger partial charge in [-0.25, -0.2) is 0 Å². The molecule has 7 heteroatoms. The van der Waals surface area contributed by atoms with Crippen LogP contribution in [-0.4, -0.2) is 18.0 Å². The van der Waals surface area contributed by atoms with Crippen LogP contribution in [0.5, 0.6) is 0 Å². The molecule has 0 N–H and O–H groups in total. The molecule has 4 aromatic heterocycles. The molecule has 0 amide bonds. The van der Waals surface area contributed by atoms with Gasteiger partial charge in [-0.3, -0.25) is 4.39 Å². The molecule has 293 valence electrons. The molecule has 0 spiro atoms. The minimum absolute atomic E-state index is 0. The quantitative estimate of drug-likeness (QED) is 0.118. The van der Waals surface area contributed by atoms with Gasteiger partial charge in [-0.1, -0.05) is 117 Å². The maximum Gasteiger partial charge on any atom is 0.120 e. The molecule has 2 bridgehead atoms. The Balaban J connectivity index is 0.000000157. The Hall–Kier alpha value is -4.00. The number of benzene rings is 4. The molecular weight excluding hydrogens is 916 g/mol. The number of pyridine rings is 2. The van der Waals surface area contributed by atoms with E-state index in [-0.39, 0.29) is 25.9 Å². The minimum Gasteiger partial charge on any atom is -0.501 e. The summed E-state index contributed by atoms with van der Waals surface area (Å²) < 4.78 is 22.9. The van der Waals surface area contributed by atoms with Crippen molar-refractivity contribution in [2.24, 2.45) is 23.7 Å². The van der Waals surface area contributed by atoms with Gasteiger partial charge in [-0.15, -0.1) is 35.9 Å². The van der Waals surface area contributed by atoms with E-state index in [2.05, 4.69) is 99.3 Å². The summed E-state index contributed by atoms with van der Waals surface area (Å²) in [5.41, 5.74) is 8.33. The van der Waals surface area contributed by atoms with Crippen molar-refractivity contribution in [3.05, 3.63) is 126 Å². The van der Waals surface area contributed by atoms with Crippen molar-refractivity contribution in [1.29, 1.82) is 0 Å². The zero-order chi connectivity index (χ0) is 38.6. The molecule has 4 heterocycles. The summed E-state index contributed by atoms with van der Waals surface area (Å²) in [6.45, 7) is 11.7. The fraction of sp³-hybridized carbons (Fsp3) is 0.320. The van der Waals surface area contributed by atoms with Gasteiger partial charge < -0.3 is 14.4 Å². The first-order chi connectivity index (χ1) is 27.1. The van der Waals surface area contributed by atoms with Gasteiger partial charge in [0, 0.05) is 48.4 Å². The smallest absolute Gasteiger partial charge is 0.120 e.